The van der Waals surface area contributed by atoms with Crippen molar-refractivity contribution in [2.75, 3.05) is 0 Å². The van der Waals surface area contributed by atoms with Gasteiger partial charge in [0.05, 0.1) is 0 Å². The summed E-state index contributed by atoms with van der Waals surface area (Å²) in [5.74, 6) is -1.70. The minimum atomic E-state index is -0.614. The second-order valence-electron chi connectivity index (χ2n) is 6.38. The highest BCUT2D eigenvalue weighted by Crippen LogP contribution is 2.38. The van der Waals surface area contributed by atoms with Gasteiger partial charge in [-0.3, -0.25) is 0 Å². The fraction of sp³-hybridized carbons (Fsp3) is 0.217. The van der Waals surface area contributed by atoms with Crippen LogP contribution in [0.3, 0.4) is 0 Å². The Kier molecular flexibility index (Phi) is 5.77. The van der Waals surface area contributed by atoms with Crippen molar-refractivity contribution in [3.63, 3.8) is 0 Å². The average Bonchev–Trinajstić information content (AvgIpc) is 2.65. The van der Waals surface area contributed by atoms with Crippen LogP contribution in [0.1, 0.15) is 31.7 Å². The molecule has 0 aliphatic heterocycles. The van der Waals surface area contributed by atoms with Crippen molar-refractivity contribution in [3.8, 4) is 22.3 Å². The third-order valence-electron chi connectivity index (χ3n) is 4.57. The Morgan fingerprint density at radius 1 is 0.731 bits per heavy atom. The molecule has 0 aromatic heterocycles. The van der Waals surface area contributed by atoms with Gasteiger partial charge in [0.2, 0.25) is 0 Å². The average molecular weight is 354 g/mol. The van der Waals surface area contributed by atoms with E-state index in [2.05, 4.69) is 0 Å². The summed E-state index contributed by atoms with van der Waals surface area (Å²) in [6.07, 6.45) is 2.94. The monoisotopic (exact) mass is 354 g/mol. The molecule has 0 unspecified atom stereocenters. The van der Waals surface area contributed by atoms with Crippen LogP contribution in [0.25, 0.3) is 22.3 Å². The van der Waals surface area contributed by atoms with Crippen LogP contribution in [0.15, 0.2) is 60.7 Å². The lowest BCUT2D eigenvalue weighted by atomic mass is 9.90. The molecule has 0 nitrogen and oxygen atoms in total. The van der Waals surface area contributed by atoms with E-state index in [0.29, 0.717) is 12.0 Å². The molecule has 0 bridgehead atoms. The van der Waals surface area contributed by atoms with Gasteiger partial charge in [0, 0.05) is 16.7 Å². The summed E-state index contributed by atoms with van der Waals surface area (Å²) in [6.45, 7) is 2.05. The molecular formula is C23H21F3. The topological polar surface area (TPSA) is 0 Å². The van der Waals surface area contributed by atoms with E-state index >= 15 is 4.39 Å². The molecule has 0 heterocycles. The molecule has 0 radical (unpaired) electrons. The zero-order valence-corrected chi connectivity index (χ0v) is 14.7. The number of hydrogen-bond acceptors (Lipinski definition) is 0. The van der Waals surface area contributed by atoms with Gasteiger partial charge in [-0.25, -0.2) is 13.2 Å². The summed E-state index contributed by atoms with van der Waals surface area (Å²) in [4.78, 5) is 0. The number of unbranched alkanes of at least 4 members (excludes halogenated alkanes) is 2. The van der Waals surface area contributed by atoms with E-state index in [1.54, 1.807) is 42.5 Å². The molecule has 0 saturated heterocycles. The van der Waals surface area contributed by atoms with Crippen LogP contribution in [-0.4, -0.2) is 0 Å². The van der Waals surface area contributed by atoms with E-state index in [4.69, 9.17) is 0 Å². The molecule has 26 heavy (non-hydrogen) atoms. The molecule has 3 rings (SSSR count). The van der Waals surface area contributed by atoms with E-state index in [-0.39, 0.29) is 22.3 Å². The van der Waals surface area contributed by atoms with Crippen LogP contribution in [-0.2, 0) is 6.42 Å². The Morgan fingerprint density at radius 3 is 2.12 bits per heavy atom. The molecule has 0 N–H and O–H groups in total. The van der Waals surface area contributed by atoms with Crippen molar-refractivity contribution in [3.05, 3.63) is 83.7 Å². The van der Waals surface area contributed by atoms with Crippen LogP contribution in [0.5, 0.6) is 0 Å². The normalized spacial score (nSPS) is 10.9. The number of rotatable bonds is 6. The van der Waals surface area contributed by atoms with E-state index < -0.39 is 17.5 Å². The first-order chi connectivity index (χ1) is 12.6. The molecule has 134 valence electrons. The molecule has 3 aromatic rings. The first kappa shape index (κ1) is 18.2. The fourth-order valence-corrected chi connectivity index (χ4v) is 3.22. The van der Waals surface area contributed by atoms with Crippen molar-refractivity contribution < 1.29 is 13.2 Å². The Balaban J connectivity index is 2.23. The van der Waals surface area contributed by atoms with E-state index in [9.17, 15) is 8.78 Å². The third-order valence-corrected chi connectivity index (χ3v) is 4.57. The van der Waals surface area contributed by atoms with Crippen molar-refractivity contribution in [1.82, 2.24) is 0 Å². The van der Waals surface area contributed by atoms with Crippen molar-refractivity contribution in [2.45, 2.75) is 32.6 Å². The maximum absolute atomic E-state index is 15.4. The quantitative estimate of drug-likeness (QED) is 0.412. The number of hydrogen-bond donors (Lipinski definition) is 0. The second-order valence-corrected chi connectivity index (χ2v) is 6.38. The van der Waals surface area contributed by atoms with Gasteiger partial charge in [-0.2, -0.15) is 0 Å². The SMILES string of the molecule is CCCCCc1c(F)cc(-c2ccccc2F)c(-c2ccccc2)c1F. The van der Waals surface area contributed by atoms with Gasteiger partial charge < -0.3 is 0 Å². The molecule has 0 saturated carbocycles. The summed E-state index contributed by atoms with van der Waals surface area (Å²) in [7, 11) is 0. The fourth-order valence-electron chi connectivity index (χ4n) is 3.22. The summed E-state index contributed by atoms with van der Waals surface area (Å²) < 4.78 is 44.4. The maximum atomic E-state index is 15.4. The van der Waals surface area contributed by atoms with Gasteiger partial charge in [-0.15, -0.1) is 0 Å². The standard InChI is InChI=1S/C23H21F3/c1-2-3-5-13-18-21(25)15-19(17-12-8-9-14-20(17)24)22(23(18)26)16-10-6-4-7-11-16/h4,6-12,14-15H,2-3,5,13H2,1H3. The molecule has 0 aliphatic carbocycles. The van der Waals surface area contributed by atoms with Crippen molar-refractivity contribution >= 4 is 0 Å². The minimum Gasteiger partial charge on any atom is -0.207 e. The Hall–Kier alpha value is -2.55. The van der Waals surface area contributed by atoms with E-state index in [1.807, 2.05) is 13.0 Å². The van der Waals surface area contributed by atoms with E-state index in [1.165, 1.54) is 12.1 Å². The molecule has 3 heteroatoms. The predicted molar refractivity (Wildman–Crippen MR) is 100 cm³/mol. The lowest BCUT2D eigenvalue weighted by Crippen LogP contribution is -2.02. The van der Waals surface area contributed by atoms with Gasteiger partial charge in [0.15, 0.2) is 0 Å². The molecule has 0 aliphatic rings. The van der Waals surface area contributed by atoms with Gasteiger partial charge in [-0.05, 0) is 36.1 Å². The van der Waals surface area contributed by atoms with Crippen LogP contribution in [0, 0.1) is 17.5 Å². The highest BCUT2D eigenvalue weighted by Gasteiger charge is 2.21. The lowest BCUT2D eigenvalue weighted by Gasteiger charge is -2.16. The second kappa shape index (κ2) is 8.22. The smallest absolute Gasteiger partial charge is 0.137 e. The van der Waals surface area contributed by atoms with Crippen molar-refractivity contribution in [2.24, 2.45) is 0 Å². The first-order valence-electron chi connectivity index (χ1n) is 8.94. The minimum absolute atomic E-state index is 0.0809. The molecule has 0 spiro atoms. The number of halogens is 3. The zero-order chi connectivity index (χ0) is 18.5. The lowest BCUT2D eigenvalue weighted by molar-refractivity contribution is 0.548. The molecule has 0 fully saturated rings. The summed E-state index contributed by atoms with van der Waals surface area (Å²) in [5.41, 5.74) is 1.38. The molecular weight excluding hydrogens is 333 g/mol. The Bertz CT molecular complexity index is 885. The predicted octanol–water partition coefficient (Wildman–Crippen LogP) is 7.17. The van der Waals surface area contributed by atoms with Gasteiger partial charge in [0.1, 0.15) is 17.5 Å². The third kappa shape index (κ3) is 3.67. The summed E-state index contributed by atoms with van der Waals surface area (Å²) in [6, 6.07) is 16.3. The Morgan fingerprint density at radius 2 is 1.42 bits per heavy atom. The van der Waals surface area contributed by atoms with Crippen LogP contribution in [0.2, 0.25) is 0 Å². The number of benzene rings is 3. The highest BCUT2D eigenvalue weighted by atomic mass is 19.1. The van der Waals surface area contributed by atoms with Crippen LogP contribution in [0.4, 0.5) is 13.2 Å². The molecule has 0 amide bonds. The highest BCUT2D eigenvalue weighted by molar-refractivity contribution is 5.84. The van der Waals surface area contributed by atoms with Crippen molar-refractivity contribution in [1.29, 1.82) is 0 Å². The zero-order valence-electron chi connectivity index (χ0n) is 14.7. The maximum Gasteiger partial charge on any atom is 0.137 e. The largest absolute Gasteiger partial charge is 0.207 e. The van der Waals surface area contributed by atoms with Gasteiger partial charge >= 0.3 is 0 Å². The van der Waals surface area contributed by atoms with Gasteiger partial charge in [-0.1, -0.05) is 68.3 Å². The van der Waals surface area contributed by atoms with Gasteiger partial charge in [0.25, 0.3) is 0 Å². The summed E-state index contributed by atoms with van der Waals surface area (Å²) >= 11 is 0. The van der Waals surface area contributed by atoms with E-state index in [0.717, 1.165) is 19.3 Å². The Labute approximate surface area is 152 Å². The summed E-state index contributed by atoms with van der Waals surface area (Å²) in [5, 5.41) is 0. The van der Waals surface area contributed by atoms with Crippen LogP contribution < -0.4 is 0 Å². The molecule has 3 aromatic carbocycles. The van der Waals surface area contributed by atoms with Crippen LogP contribution >= 0.6 is 0 Å². The molecule has 0 atom stereocenters. The first-order valence-corrected chi connectivity index (χ1v) is 8.94.